The molecule has 0 atom stereocenters. The average molecular weight is 1080 g/mol. The number of rotatable bonds is 17. The largest absolute Gasteiger partial charge is 0.459 e. The normalized spacial score (nSPS) is 15.4. The molecule has 68 heavy (non-hydrogen) atoms. The van der Waals surface area contributed by atoms with E-state index in [1.54, 1.807) is 0 Å². The summed E-state index contributed by atoms with van der Waals surface area (Å²) in [6.45, 7) is -14.8. The Balaban J connectivity index is 8.64. The number of hydrogen-bond donors (Lipinski definition) is 0. The van der Waals surface area contributed by atoms with Crippen LogP contribution >= 0.6 is 0 Å². The number of hydrogen-bond acceptors (Lipinski definition) is 9. The zero-order valence-electron chi connectivity index (χ0n) is 34.3. The Hall–Kier alpha value is -3.64. The Morgan fingerprint density at radius 1 is 0.353 bits per heavy atom. The van der Waals surface area contributed by atoms with Crippen LogP contribution in [-0.4, -0.2) is 152 Å². The summed E-state index contributed by atoms with van der Waals surface area (Å²) < 4.78 is 395. The third kappa shape index (κ3) is 14.5. The number of amides is 1. The van der Waals surface area contributed by atoms with Gasteiger partial charge in [-0.2, -0.15) is 119 Å². The summed E-state index contributed by atoms with van der Waals surface area (Å²) in [5.41, 5.74) is -32.7. The van der Waals surface area contributed by atoms with E-state index in [9.17, 15) is 133 Å². The minimum atomic E-state index is -8.18. The van der Waals surface area contributed by atoms with Gasteiger partial charge in [-0.25, -0.2) is 0 Å². The van der Waals surface area contributed by atoms with Gasteiger partial charge in [0, 0.05) is 0 Å². The van der Waals surface area contributed by atoms with Crippen LogP contribution in [0, 0.1) is 5.41 Å². The quantitative estimate of drug-likeness (QED) is 0.104. The van der Waals surface area contributed by atoms with Gasteiger partial charge in [0.2, 0.25) is 5.91 Å². The van der Waals surface area contributed by atoms with Crippen LogP contribution < -0.4 is 0 Å². The molecule has 0 heterocycles. The van der Waals surface area contributed by atoms with E-state index >= 15 is 0 Å². The third-order valence-corrected chi connectivity index (χ3v) is 7.84. The van der Waals surface area contributed by atoms with Gasteiger partial charge in [0.25, 0.3) is 0 Å². The number of nitrogens with zero attached hydrogens (tertiary/aromatic N) is 1. The van der Waals surface area contributed by atoms with Crippen molar-refractivity contribution in [3.63, 3.8) is 0 Å². The summed E-state index contributed by atoms with van der Waals surface area (Å²) in [5.74, 6) is -5.39. The summed E-state index contributed by atoms with van der Waals surface area (Å²) in [4.78, 5) is 37.8. The molecular weight excluding hydrogens is 1040 g/mol. The summed E-state index contributed by atoms with van der Waals surface area (Å²) in [6, 6.07) is 0. The van der Waals surface area contributed by atoms with E-state index in [0.717, 1.165) is 41.5 Å². The lowest BCUT2D eigenvalue weighted by Crippen LogP contribution is -2.71. The van der Waals surface area contributed by atoms with Crippen LogP contribution in [0.5, 0.6) is 0 Å². The van der Waals surface area contributed by atoms with Gasteiger partial charge in [0.1, 0.15) is 30.9 Å². The molecule has 0 fully saturated rings. The van der Waals surface area contributed by atoms with E-state index < -0.39 is 153 Å². The van der Waals surface area contributed by atoms with Crippen molar-refractivity contribution in [1.29, 1.82) is 0 Å². The van der Waals surface area contributed by atoms with Crippen molar-refractivity contribution in [2.45, 2.75) is 125 Å². The molecule has 0 aromatic heterocycles. The van der Waals surface area contributed by atoms with E-state index in [4.69, 9.17) is 9.47 Å². The van der Waals surface area contributed by atoms with Crippen LogP contribution in [-0.2, 0) is 42.8 Å². The SMILES string of the molecule is CC(C)(C)OC(=O)CN(CC(=O)OC(C)(C)C)C(=O)COCC(COC(C(F)(F)F)(C(F)(F)F)C(F)(F)F)(COC(C(F)(F)F)(C(F)(F)F)C(F)(F)F)COC(C(F)(F)F)(C(F)(F)F)C(F)(F)F. The molecule has 0 bridgehead atoms. The molecule has 0 saturated carbocycles. The lowest BCUT2D eigenvalue weighted by molar-refractivity contribution is -0.474. The highest BCUT2D eigenvalue weighted by atomic mass is 19.5. The predicted octanol–water partition coefficient (Wildman–Crippen LogP) is 9.83. The summed E-state index contributed by atoms with van der Waals surface area (Å²) in [5, 5.41) is 0. The zero-order valence-corrected chi connectivity index (χ0v) is 34.3. The van der Waals surface area contributed by atoms with Gasteiger partial charge < -0.3 is 33.3 Å². The molecule has 0 aliphatic heterocycles. The Bertz CT molecular complexity index is 1430. The van der Waals surface area contributed by atoms with Gasteiger partial charge in [-0.3, -0.25) is 14.4 Å². The molecule has 0 radical (unpaired) electrons. The highest BCUT2D eigenvalue weighted by molar-refractivity contribution is 5.86. The number of halogens is 27. The summed E-state index contributed by atoms with van der Waals surface area (Å²) in [7, 11) is 0. The van der Waals surface area contributed by atoms with E-state index in [0.29, 0.717) is 0 Å². The molecule has 404 valence electrons. The molecule has 0 unspecified atom stereocenters. The first-order chi connectivity index (χ1) is 29.4. The van der Waals surface area contributed by atoms with Crippen molar-refractivity contribution in [2.75, 3.05) is 46.1 Å². The smallest absolute Gasteiger partial charge is 0.435 e. The molecule has 0 aromatic rings. The molecule has 37 heteroatoms. The first-order valence-electron chi connectivity index (χ1n) is 17.2. The second-order valence-electron chi connectivity index (χ2n) is 15.8. The number of carbonyl (C=O) groups is 3. The summed E-state index contributed by atoms with van der Waals surface area (Å²) >= 11 is 0. The Morgan fingerprint density at radius 2 is 0.559 bits per heavy atom. The molecule has 0 N–H and O–H groups in total. The van der Waals surface area contributed by atoms with Gasteiger partial charge >= 0.3 is 84.3 Å². The fraction of sp³-hybridized carbons (Fsp3) is 0.903. The van der Waals surface area contributed by atoms with E-state index in [1.165, 1.54) is 0 Å². The van der Waals surface area contributed by atoms with Crippen LogP contribution in [0.15, 0.2) is 0 Å². The van der Waals surface area contributed by atoms with Crippen LogP contribution in [0.2, 0.25) is 0 Å². The monoisotopic (exact) mass is 1080 g/mol. The van der Waals surface area contributed by atoms with Crippen LogP contribution in [0.3, 0.4) is 0 Å². The van der Waals surface area contributed by atoms with Crippen molar-refractivity contribution < 1.29 is 161 Å². The number of ether oxygens (including phenoxy) is 6. The van der Waals surface area contributed by atoms with Crippen LogP contribution in [0.4, 0.5) is 119 Å². The number of esters is 2. The van der Waals surface area contributed by atoms with Crippen molar-refractivity contribution in [2.24, 2.45) is 5.41 Å². The van der Waals surface area contributed by atoms with Crippen molar-refractivity contribution in [1.82, 2.24) is 4.90 Å². The van der Waals surface area contributed by atoms with Gasteiger partial charge in [-0.1, -0.05) is 0 Å². The number of alkyl halides is 27. The standard InChI is InChI=1S/C31H32F27NO9/c1-17(2,3)67-15(61)7-59(8-16(62)68-18(4,5)6)14(60)9-63-10-19(11-64-20(23(32,33)34,24(35,36)37)25(38,39)40,12-65-21(26(41,42)43,27(44,45)46)28(47,48)49)13-66-22(29(50,51)52,30(53,54)55)31(56,57)58/h7-13H2,1-6H3. The first kappa shape index (κ1) is 64.4. The maximum Gasteiger partial charge on any atom is 0.435 e. The van der Waals surface area contributed by atoms with Gasteiger partial charge in [-0.15, -0.1) is 0 Å². The highest BCUT2D eigenvalue weighted by Gasteiger charge is 2.88. The Kier molecular flexibility index (Phi) is 18.8. The molecule has 0 rings (SSSR count). The van der Waals surface area contributed by atoms with E-state index in [2.05, 4.69) is 18.9 Å². The molecule has 1 amide bonds. The van der Waals surface area contributed by atoms with Gasteiger partial charge in [0.15, 0.2) is 0 Å². The van der Waals surface area contributed by atoms with Crippen molar-refractivity contribution in [3.8, 4) is 0 Å². The topological polar surface area (TPSA) is 110 Å². The maximum absolute atomic E-state index is 13.8. The summed E-state index contributed by atoms with van der Waals surface area (Å²) in [6.07, 6.45) is -73.6. The van der Waals surface area contributed by atoms with Gasteiger partial charge in [-0.05, 0) is 41.5 Å². The van der Waals surface area contributed by atoms with Crippen LogP contribution in [0.1, 0.15) is 41.5 Å². The highest BCUT2D eigenvalue weighted by Crippen LogP contribution is 2.59. The fourth-order valence-corrected chi connectivity index (χ4v) is 4.95. The van der Waals surface area contributed by atoms with E-state index in [1.807, 2.05) is 0 Å². The second kappa shape index (κ2) is 19.9. The molecule has 0 saturated heterocycles. The molecule has 0 aliphatic rings. The minimum Gasteiger partial charge on any atom is -0.459 e. The zero-order chi connectivity index (χ0) is 55.0. The molecular formula is C31H32F27NO9. The van der Waals surface area contributed by atoms with Crippen molar-refractivity contribution in [3.05, 3.63) is 0 Å². The Labute approximate surface area is 361 Å². The lowest BCUT2D eigenvalue weighted by atomic mass is 9.89. The number of carbonyl (C=O) groups excluding carboxylic acids is 3. The average Bonchev–Trinajstić information content (AvgIpc) is 2.97. The van der Waals surface area contributed by atoms with Crippen molar-refractivity contribution >= 4 is 17.8 Å². The molecule has 0 aliphatic carbocycles. The first-order valence-corrected chi connectivity index (χ1v) is 17.2. The maximum atomic E-state index is 13.8. The second-order valence-corrected chi connectivity index (χ2v) is 15.8. The fourth-order valence-electron chi connectivity index (χ4n) is 4.95. The lowest BCUT2D eigenvalue weighted by Gasteiger charge is -2.45. The Morgan fingerprint density at radius 3 is 0.735 bits per heavy atom. The van der Waals surface area contributed by atoms with Crippen LogP contribution in [0.25, 0.3) is 0 Å². The predicted molar refractivity (Wildman–Crippen MR) is 162 cm³/mol. The minimum absolute atomic E-state index is 0.181. The molecule has 0 aromatic carbocycles. The molecule has 10 nitrogen and oxygen atoms in total. The van der Waals surface area contributed by atoms with E-state index in [-0.39, 0.29) is 4.90 Å². The van der Waals surface area contributed by atoms with Gasteiger partial charge in [0.05, 0.1) is 31.8 Å². The molecule has 0 spiro atoms. The third-order valence-electron chi connectivity index (χ3n) is 7.84.